The molecule has 1 aromatic carbocycles. The molecule has 2 heteroatoms. The second kappa shape index (κ2) is 4.32. The monoisotopic (exact) mass is 218 g/mol. The molecular weight excluding hydrogens is 212 g/mol. The van der Waals surface area contributed by atoms with Gasteiger partial charge < -0.3 is 0 Å². The van der Waals surface area contributed by atoms with E-state index in [2.05, 4.69) is 11.8 Å². The van der Waals surface area contributed by atoms with E-state index in [1.165, 1.54) is 0 Å². The van der Waals surface area contributed by atoms with Crippen molar-refractivity contribution < 1.29 is 0 Å². The Labute approximate surface area is 92.2 Å². The summed E-state index contributed by atoms with van der Waals surface area (Å²) in [5.41, 5.74) is 0.989. The third-order valence-electron chi connectivity index (χ3n) is 1.70. The summed E-state index contributed by atoms with van der Waals surface area (Å²) in [5.74, 6) is 6.16. The maximum absolute atomic E-state index is 5.77. The van der Waals surface area contributed by atoms with Crippen LogP contribution in [-0.4, -0.2) is 0 Å². The van der Waals surface area contributed by atoms with Crippen molar-refractivity contribution in [1.29, 1.82) is 0 Å². The molecule has 0 atom stereocenters. The van der Waals surface area contributed by atoms with Gasteiger partial charge >= 0.3 is 0 Å². The Morgan fingerprint density at radius 1 is 1.00 bits per heavy atom. The Morgan fingerprint density at radius 3 is 2.43 bits per heavy atom. The molecule has 2 rings (SSSR count). The standard InChI is InChI=1S/C12H7ClS/c13-11-6-3-10(4-7-11)5-8-12-2-1-9-14-12/h1-4,6-7,9H. The molecule has 14 heavy (non-hydrogen) atoms. The molecule has 0 nitrogen and oxygen atoms in total. The maximum atomic E-state index is 5.77. The van der Waals surface area contributed by atoms with Crippen molar-refractivity contribution in [2.75, 3.05) is 0 Å². The van der Waals surface area contributed by atoms with Crippen molar-refractivity contribution in [3.63, 3.8) is 0 Å². The average Bonchev–Trinajstić information content (AvgIpc) is 2.70. The van der Waals surface area contributed by atoms with Crippen LogP contribution in [0.3, 0.4) is 0 Å². The molecule has 0 amide bonds. The van der Waals surface area contributed by atoms with E-state index >= 15 is 0 Å². The molecule has 0 radical (unpaired) electrons. The van der Waals surface area contributed by atoms with Crippen LogP contribution in [0, 0.1) is 11.8 Å². The van der Waals surface area contributed by atoms with Crippen molar-refractivity contribution in [3.8, 4) is 11.8 Å². The van der Waals surface area contributed by atoms with Gasteiger partial charge in [-0.1, -0.05) is 29.5 Å². The highest BCUT2D eigenvalue weighted by molar-refractivity contribution is 7.10. The molecule has 0 aliphatic heterocycles. The van der Waals surface area contributed by atoms with Gasteiger partial charge in [0.15, 0.2) is 0 Å². The highest BCUT2D eigenvalue weighted by Gasteiger charge is 1.88. The van der Waals surface area contributed by atoms with Crippen LogP contribution in [0.15, 0.2) is 41.8 Å². The van der Waals surface area contributed by atoms with Gasteiger partial charge in [0, 0.05) is 10.6 Å². The summed E-state index contributed by atoms with van der Waals surface area (Å²) in [6, 6.07) is 11.5. The van der Waals surface area contributed by atoms with E-state index in [1.807, 2.05) is 41.8 Å². The van der Waals surface area contributed by atoms with Crippen LogP contribution in [-0.2, 0) is 0 Å². The van der Waals surface area contributed by atoms with Gasteiger partial charge in [-0.05, 0) is 35.7 Å². The zero-order valence-corrected chi connectivity index (χ0v) is 8.90. The molecule has 2 aromatic rings. The normalized spacial score (nSPS) is 9.21. The fourth-order valence-corrected chi connectivity index (χ4v) is 1.71. The van der Waals surface area contributed by atoms with Crippen LogP contribution >= 0.6 is 22.9 Å². The molecule has 0 aliphatic carbocycles. The fourth-order valence-electron chi connectivity index (χ4n) is 1.02. The van der Waals surface area contributed by atoms with Gasteiger partial charge in [-0.3, -0.25) is 0 Å². The molecule has 0 N–H and O–H groups in total. The second-order valence-corrected chi connectivity index (χ2v) is 4.12. The van der Waals surface area contributed by atoms with E-state index in [4.69, 9.17) is 11.6 Å². The minimum Gasteiger partial charge on any atom is -0.135 e. The molecule has 1 heterocycles. The molecule has 0 saturated carbocycles. The van der Waals surface area contributed by atoms with Gasteiger partial charge in [0.05, 0.1) is 4.88 Å². The van der Waals surface area contributed by atoms with Gasteiger partial charge in [0.2, 0.25) is 0 Å². The van der Waals surface area contributed by atoms with Gasteiger partial charge in [0.1, 0.15) is 0 Å². The molecule has 0 unspecified atom stereocenters. The topological polar surface area (TPSA) is 0 Å². The SMILES string of the molecule is Clc1ccc(C#Cc2cccs2)cc1. The van der Waals surface area contributed by atoms with Crippen molar-refractivity contribution in [2.24, 2.45) is 0 Å². The molecule has 0 fully saturated rings. The Kier molecular flexibility index (Phi) is 2.88. The van der Waals surface area contributed by atoms with Gasteiger partial charge in [-0.25, -0.2) is 0 Å². The summed E-state index contributed by atoms with van der Waals surface area (Å²) in [6.45, 7) is 0. The lowest BCUT2D eigenvalue weighted by atomic mass is 10.2. The predicted octanol–water partition coefficient (Wildman–Crippen LogP) is 3.80. The molecule has 0 saturated heterocycles. The molecule has 1 aromatic heterocycles. The largest absolute Gasteiger partial charge is 0.135 e. The first-order chi connectivity index (χ1) is 6.84. The minimum absolute atomic E-state index is 0.742. The highest BCUT2D eigenvalue weighted by Crippen LogP contribution is 2.09. The first-order valence-electron chi connectivity index (χ1n) is 4.16. The van der Waals surface area contributed by atoms with E-state index < -0.39 is 0 Å². The Hall–Kier alpha value is -1.23. The molecule has 0 spiro atoms. The van der Waals surface area contributed by atoms with E-state index in [1.54, 1.807) is 11.3 Å². The van der Waals surface area contributed by atoms with E-state index in [9.17, 15) is 0 Å². The Bertz CT molecular complexity index is 457. The van der Waals surface area contributed by atoms with Gasteiger partial charge in [-0.15, -0.1) is 11.3 Å². The highest BCUT2D eigenvalue weighted by atomic mass is 35.5. The van der Waals surface area contributed by atoms with Crippen molar-refractivity contribution in [1.82, 2.24) is 0 Å². The third kappa shape index (κ3) is 2.38. The molecule has 0 aliphatic rings. The summed E-state index contributed by atoms with van der Waals surface area (Å²) in [4.78, 5) is 1.08. The third-order valence-corrected chi connectivity index (χ3v) is 2.73. The van der Waals surface area contributed by atoms with E-state index in [-0.39, 0.29) is 0 Å². The average molecular weight is 219 g/mol. The summed E-state index contributed by atoms with van der Waals surface area (Å²) >= 11 is 7.41. The number of halogens is 1. The lowest BCUT2D eigenvalue weighted by Gasteiger charge is -1.89. The first kappa shape index (κ1) is 9.33. The van der Waals surface area contributed by atoms with Crippen molar-refractivity contribution in [3.05, 3.63) is 57.2 Å². The van der Waals surface area contributed by atoms with Crippen LogP contribution in [0.25, 0.3) is 0 Å². The first-order valence-corrected chi connectivity index (χ1v) is 5.41. The summed E-state index contributed by atoms with van der Waals surface area (Å²) < 4.78 is 0. The van der Waals surface area contributed by atoms with Crippen LogP contribution in [0.2, 0.25) is 5.02 Å². The number of thiophene rings is 1. The van der Waals surface area contributed by atoms with Gasteiger partial charge in [-0.2, -0.15) is 0 Å². The quantitative estimate of drug-likeness (QED) is 0.590. The Balaban J connectivity index is 2.22. The van der Waals surface area contributed by atoms with Crippen molar-refractivity contribution >= 4 is 22.9 Å². The number of rotatable bonds is 0. The summed E-state index contributed by atoms with van der Waals surface area (Å²) in [5, 5.41) is 2.76. The van der Waals surface area contributed by atoms with E-state index in [0.29, 0.717) is 0 Å². The summed E-state index contributed by atoms with van der Waals surface area (Å²) in [6.07, 6.45) is 0. The zero-order valence-electron chi connectivity index (χ0n) is 7.33. The maximum Gasteiger partial charge on any atom is 0.0772 e. The Morgan fingerprint density at radius 2 is 1.79 bits per heavy atom. The molecule has 0 bridgehead atoms. The number of hydrogen-bond acceptors (Lipinski definition) is 1. The fraction of sp³-hybridized carbons (Fsp3) is 0. The lowest BCUT2D eigenvalue weighted by Crippen LogP contribution is -1.72. The second-order valence-electron chi connectivity index (χ2n) is 2.73. The van der Waals surface area contributed by atoms with Crippen LogP contribution in [0.5, 0.6) is 0 Å². The van der Waals surface area contributed by atoms with E-state index in [0.717, 1.165) is 15.5 Å². The number of hydrogen-bond donors (Lipinski definition) is 0. The lowest BCUT2D eigenvalue weighted by molar-refractivity contribution is 1.65. The van der Waals surface area contributed by atoms with Crippen LogP contribution < -0.4 is 0 Å². The van der Waals surface area contributed by atoms with Crippen LogP contribution in [0.4, 0.5) is 0 Å². The smallest absolute Gasteiger partial charge is 0.0772 e. The molecular formula is C12H7ClS. The predicted molar refractivity (Wildman–Crippen MR) is 61.8 cm³/mol. The van der Waals surface area contributed by atoms with Crippen molar-refractivity contribution in [2.45, 2.75) is 0 Å². The minimum atomic E-state index is 0.742. The van der Waals surface area contributed by atoms with Gasteiger partial charge in [0.25, 0.3) is 0 Å². The summed E-state index contributed by atoms with van der Waals surface area (Å²) in [7, 11) is 0. The molecule has 68 valence electrons. The zero-order chi connectivity index (χ0) is 9.80. The van der Waals surface area contributed by atoms with Crippen LogP contribution in [0.1, 0.15) is 10.4 Å². The number of benzene rings is 1.